The van der Waals surface area contributed by atoms with Crippen molar-refractivity contribution in [1.29, 1.82) is 0 Å². The molecule has 0 radical (unpaired) electrons. The van der Waals surface area contributed by atoms with E-state index in [1.807, 2.05) is 127 Å². The van der Waals surface area contributed by atoms with E-state index in [0.29, 0.717) is 22.3 Å². The van der Waals surface area contributed by atoms with Crippen LogP contribution in [-0.2, 0) is 0 Å². The summed E-state index contributed by atoms with van der Waals surface area (Å²) in [5.74, 6) is 0. The molecular weight excluding hydrogens is 989 g/mol. The van der Waals surface area contributed by atoms with Crippen molar-refractivity contribution in [2.45, 2.75) is 0 Å². The van der Waals surface area contributed by atoms with E-state index < -0.39 is 11.3 Å². The normalized spacial score (nSPS) is 11.6. The van der Waals surface area contributed by atoms with Gasteiger partial charge in [0.05, 0.1) is 11.1 Å². The third-order valence-corrected chi connectivity index (χ3v) is 16.5. The number of anilines is 6. The zero-order chi connectivity index (χ0) is 52.6. The third-order valence-electron chi connectivity index (χ3n) is 15.4. The molecule has 0 saturated carbocycles. The first kappa shape index (κ1) is 46.0. The van der Waals surface area contributed by atoms with E-state index in [4.69, 9.17) is 8.83 Å². The van der Waals surface area contributed by atoms with Crippen LogP contribution in [0.5, 0.6) is 0 Å². The highest BCUT2D eigenvalue weighted by molar-refractivity contribution is 7.25. The molecule has 7 heteroatoms. The molecule has 372 valence electrons. The van der Waals surface area contributed by atoms with Crippen molar-refractivity contribution >= 4 is 120 Å². The second kappa shape index (κ2) is 18.7. The molecule has 0 unspecified atom stereocenters. The number of nitrogens with zero attached hydrogens (tertiary/aromatic N) is 2. The van der Waals surface area contributed by atoms with Crippen molar-refractivity contribution in [3.8, 4) is 33.4 Å². The van der Waals surface area contributed by atoms with Gasteiger partial charge in [-0.3, -0.25) is 0 Å². The summed E-state index contributed by atoms with van der Waals surface area (Å²) in [5, 5.41) is 10.5. The first-order valence-corrected chi connectivity index (χ1v) is 27.1. The lowest BCUT2D eigenvalue weighted by Gasteiger charge is -2.26. The van der Waals surface area contributed by atoms with Crippen LogP contribution in [0.25, 0.3) is 108 Å². The Bertz CT molecular complexity index is 4990. The zero-order valence-electron chi connectivity index (χ0n) is 42.3. The van der Waals surface area contributed by atoms with Gasteiger partial charge < -0.3 is 18.6 Å². The lowest BCUT2D eigenvalue weighted by molar-refractivity contribution is 0.564. The molecule has 0 atom stereocenters. The highest BCUT2D eigenvalue weighted by Gasteiger charge is 2.20. The predicted octanol–water partition coefficient (Wildman–Crippen LogP) is 19.7. The summed E-state index contributed by atoms with van der Waals surface area (Å²) in [6.45, 7) is 0. The molecule has 0 spiro atoms. The summed E-state index contributed by atoms with van der Waals surface area (Å²) < 4.78 is 14.7. The largest absolute Gasteiger partial charge is 0.422 e. The van der Waals surface area contributed by atoms with Crippen LogP contribution >= 0.6 is 11.3 Å². The maximum absolute atomic E-state index is 14.0. The number of rotatable bonds is 9. The standard InChI is InChI=1S/C72H44N2O4S/c75-71-62(43-64-56-15-5-4-12-47(56)30-40-67(64)77-71)48-26-35-52(36-27-48)73(53-37-28-49(29-38-53)63-44-66-59-18-7-6-16-57(59)58-17-8-9-20-61(58)70(66)78-72(63)76)51-31-22-45(23-32-51)46-24-33-54(34-25-46)74(50-13-2-1-3-14-50)55-39-41-69-65(42-55)60-19-10-11-21-68(60)79-69/h1-44H. The van der Waals surface area contributed by atoms with Gasteiger partial charge >= 0.3 is 11.3 Å². The summed E-state index contributed by atoms with van der Waals surface area (Å²) in [6.07, 6.45) is 0. The van der Waals surface area contributed by atoms with E-state index in [1.165, 1.54) is 20.2 Å². The van der Waals surface area contributed by atoms with E-state index in [2.05, 4.69) is 161 Å². The van der Waals surface area contributed by atoms with E-state index in [9.17, 15) is 9.59 Å². The second-order valence-electron chi connectivity index (χ2n) is 19.9. The molecule has 0 fully saturated rings. The van der Waals surface area contributed by atoms with E-state index in [1.54, 1.807) is 0 Å². The molecule has 0 aliphatic carbocycles. The minimum atomic E-state index is -0.399. The molecule has 0 aliphatic heterocycles. The average Bonchev–Trinajstić information content (AvgIpc) is 3.99. The van der Waals surface area contributed by atoms with Crippen LogP contribution in [0.2, 0.25) is 0 Å². The van der Waals surface area contributed by atoms with E-state index >= 15 is 0 Å². The molecule has 15 rings (SSSR count). The zero-order valence-corrected chi connectivity index (χ0v) is 43.2. The maximum Gasteiger partial charge on any atom is 0.344 e. The Morgan fingerprint density at radius 3 is 1.33 bits per heavy atom. The Morgan fingerprint density at radius 2 is 0.709 bits per heavy atom. The monoisotopic (exact) mass is 1030 g/mol. The Hall–Kier alpha value is -10.3. The highest BCUT2D eigenvalue weighted by Crippen LogP contribution is 2.43. The van der Waals surface area contributed by atoms with Gasteiger partial charge in [-0.25, -0.2) is 9.59 Å². The molecule has 0 bridgehead atoms. The highest BCUT2D eigenvalue weighted by atomic mass is 32.1. The smallest absolute Gasteiger partial charge is 0.344 e. The van der Waals surface area contributed by atoms with Crippen molar-refractivity contribution in [3.05, 3.63) is 288 Å². The predicted molar refractivity (Wildman–Crippen MR) is 330 cm³/mol. The van der Waals surface area contributed by atoms with Crippen LogP contribution in [0.4, 0.5) is 34.1 Å². The van der Waals surface area contributed by atoms with Gasteiger partial charge in [0, 0.05) is 70.5 Å². The fourth-order valence-corrected chi connectivity index (χ4v) is 12.6. The van der Waals surface area contributed by atoms with Crippen molar-refractivity contribution < 1.29 is 8.83 Å². The summed E-state index contributed by atoms with van der Waals surface area (Å²) in [4.78, 5) is 32.1. The number of thiophene rings is 1. The molecule has 0 aliphatic rings. The lowest BCUT2D eigenvalue weighted by Crippen LogP contribution is -2.10. The summed E-state index contributed by atoms with van der Waals surface area (Å²) >= 11 is 1.83. The van der Waals surface area contributed by atoms with Crippen LogP contribution in [-0.4, -0.2) is 0 Å². The molecule has 0 amide bonds. The quantitative estimate of drug-likeness (QED) is 0.106. The fraction of sp³-hybridized carbons (Fsp3) is 0. The Balaban J connectivity index is 0.797. The molecule has 3 aromatic heterocycles. The van der Waals surface area contributed by atoms with Gasteiger partial charge in [0.25, 0.3) is 0 Å². The van der Waals surface area contributed by atoms with Crippen LogP contribution in [0.3, 0.4) is 0 Å². The van der Waals surface area contributed by atoms with Crippen molar-refractivity contribution in [3.63, 3.8) is 0 Å². The number of hydrogen-bond acceptors (Lipinski definition) is 7. The van der Waals surface area contributed by atoms with Crippen molar-refractivity contribution in [1.82, 2.24) is 0 Å². The minimum Gasteiger partial charge on any atom is -0.422 e. The van der Waals surface area contributed by atoms with Crippen LogP contribution in [0.15, 0.2) is 285 Å². The molecular formula is C72H44N2O4S. The van der Waals surface area contributed by atoms with Crippen molar-refractivity contribution in [2.24, 2.45) is 0 Å². The van der Waals surface area contributed by atoms with Gasteiger partial charge in [-0.2, -0.15) is 0 Å². The van der Waals surface area contributed by atoms with Gasteiger partial charge in [0.1, 0.15) is 11.2 Å². The topological polar surface area (TPSA) is 66.9 Å². The minimum absolute atomic E-state index is 0.396. The Labute approximate surface area is 457 Å². The van der Waals surface area contributed by atoms with Gasteiger partial charge in [-0.1, -0.05) is 164 Å². The molecule has 15 aromatic rings. The van der Waals surface area contributed by atoms with Crippen LogP contribution in [0, 0.1) is 0 Å². The lowest BCUT2D eigenvalue weighted by atomic mass is 9.96. The van der Waals surface area contributed by atoms with Gasteiger partial charge in [-0.15, -0.1) is 11.3 Å². The van der Waals surface area contributed by atoms with Gasteiger partial charge in [-0.05, 0) is 152 Å². The Kier molecular flexibility index (Phi) is 10.9. The maximum atomic E-state index is 14.0. The van der Waals surface area contributed by atoms with Gasteiger partial charge in [0.15, 0.2) is 0 Å². The number of hydrogen-bond donors (Lipinski definition) is 0. The first-order valence-electron chi connectivity index (χ1n) is 26.3. The number of fused-ring (bicyclic) bond motifs is 12. The molecule has 0 saturated heterocycles. The average molecular weight is 1030 g/mol. The molecule has 12 aromatic carbocycles. The van der Waals surface area contributed by atoms with E-state index in [0.717, 1.165) is 99.5 Å². The van der Waals surface area contributed by atoms with Crippen molar-refractivity contribution in [2.75, 3.05) is 9.80 Å². The molecule has 3 heterocycles. The molecule has 0 N–H and O–H groups in total. The van der Waals surface area contributed by atoms with Crippen LogP contribution < -0.4 is 21.1 Å². The second-order valence-corrected chi connectivity index (χ2v) is 21.0. The van der Waals surface area contributed by atoms with Crippen LogP contribution in [0.1, 0.15) is 0 Å². The Morgan fingerprint density at radius 1 is 0.278 bits per heavy atom. The summed E-state index contributed by atoms with van der Waals surface area (Å²) in [5.41, 5.74) is 10.9. The number of benzene rings is 12. The SMILES string of the molecule is O=c1oc2ccc3ccccc3c2cc1-c1ccc(N(c2ccc(-c3ccc(N(c4ccccc4)c4ccc5sc6ccccc6c5c4)cc3)cc2)c2ccc(-c3cc4c5ccccc5c5ccccc5c4oc3=O)cc2)cc1. The number of para-hydroxylation sites is 1. The summed E-state index contributed by atoms with van der Waals surface area (Å²) in [7, 11) is 0. The summed E-state index contributed by atoms with van der Waals surface area (Å²) in [6, 6.07) is 91.6. The first-order chi connectivity index (χ1) is 39.0. The molecule has 6 nitrogen and oxygen atoms in total. The van der Waals surface area contributed by atoms with E-state index in [-0.39, 0.29) is 0 Å². The molecule has 79 heavy (non-hydrogen) atoms. The fourth-order valence-electron chi connectivity index (χ4n) is 11.5. The third kappa shape index (κ3) is 7.94. The van der Waals surface area contributed by atoms with Gasteiger partial charge in [0.2, 0.25) is 0 Å².